The average Bonchev–Trinajstić information content (AvgIpc) is 2.97. The molecule has 0 spiro atoms. The monoisotopic (exact) mass is 314 g/mol. The average molecular weight is 314 g/mol. The quantitative estimate of drug-likeness (QED) is 0.313. The van der Waals surface area contributed by atoms with Crippen LogP contribution in [0.1, 0.15) is 11.1 Å². The van der Waals surface area contributed by atoms with E-state index in [9.17, 15) is 5.11 Å². The largest absolute Gasteiger partial charge is 0.507 e. The molecular formula is C14H14N6OS. The van der Waals surface area contributed by atoms with E-state index in [1.165, 1.54) is 18.0 Å². The van der Waals surface area contributed by atoms with Gasteiger partial charge >= 0.3 is 0 Å². The zero-order valence-electron chi connectivity index (χ0n) is 11.7. The maximum absolute atomic E-state index is 10.1. The number of hydrazone groups is 1. The number of thioether (sulfide) groups is 1. The summed E-state index contributed by atoms with van der Waals surface area (Å²) in [6.07, 6.45) is 3.80. The number of anilines is 1. The minimum absolute atomic E-state index is 0.177. The number of para-hydroxylation sites is 1. The van der Waals surface area contributed by atoms with Crippen LogP contribution in [0.15, 0.2) is 41.1 Å². The first-order valence-electron chi connectivity index (χ1n) is 6.37. The fraction of sp³-hybridized carbons (Fsp3) is 0.143. The van der Waals surface area contributed by atoms with Crippen molar-refractivity contribution in [3.05, 3.63) is 42.0 Å². The Morgan fingerprint density at radius 2 is 2.41 bits per heavy atom. The molecule has 1 aromatic carbocycles. The molecule has 0 fully saturated rings. The minimum Gasteiger partial charge on any atom is -0.507 e. The number of phenolic OH excluding ortho intramolecular Hbond substituents is 1. The normalized spacial score (nSPS) is 10.5. The number of hydrogen-bond donors (Lipinski definition) is 3. The first-order chi connectivity index (χ1) is 10.7. The molecule has 2 aromatic rings. The topological polar surface area (TPSA) is 110 Å². The van der Waals surface area contributed by atoms with Gasteiger partial charge in [0.05, 0.1) is 18.0 Å². The summed E-state index contributed by atoms with van der Waals surface area (Å²) in [6, 6.07) is 7.42. The number of nitrogens with one attached hydrogen (secondary N) is 2. The highest BCUT2D eigenvalue weighted by molar-refractivity contribution is 7.99. The van der Waals surface area contributed by atoms with Gasteiger partial charge in [0.2, 0.25) is 11.1 Å². The second-order valence-corrected chi connectivity index (χ2v) is 5.07. The van der Waals surface area contributed by atoms with Crippen molar-refractivity contribution in [1.82, 2.24) is 15.2 Å². The van der Waals surface area contributed by atoms with Crippen LogP contribution in [0.4, 0.5) is 5.95 Å². The second kappa shape index (κ2) is 7.85. The third-order valence-electron chi connectivity index (χ3n) is 2.62. The van der Waals surface area contributed by atoms with Crippen LogP contribution < -0.4 is 5.43 Å². The highest BCUT2D eigenvalue weighted by Crippen LogP contribution is 2.21. The van der Waals surface area contributed by atoms with Crippen LogP contribution in [0.25, 0.3) is 0 Å². The SMILES string of the molecule is C=CCc1cccc(C=NNc2nc(SCC#N)n[nH]2)c1O. The number of hydrogen-bond acceptors (Lipinski definition) is 7. The molecule has 8 heteroatoms. The molecule has 0 saturated heterocycles. The number of nitrogens with zero attached hydrogens (tertiary/aromatic N) is 4. The molecule has 7 nitrogen and oxygen atoms in total. The molecule has 0 atom stereocenters. The molecule has 0 bridgehead atoms. The summed E-state index contributed by atoms with van der Waals surface area (Å²) < 4.78 is 0. The van der Waals surface area contributed by atoms with Gasteiger partial charge in [-0.2, -0.15) is 15.3 Å². The van der Waals surface area contributed by atoms with Crippen LogP contribution in [0.5, 0.6) is 5.75 Å². The highest BCUT2D eigenvalue weighted by Gasteiger charge is 2.04. The van der Waals surface area contributed by atoms with Gasteiger partial charge in [0.1, 0.15) is 5.75 Å². The maximum atomic E-state index is 10.1. The molecule has 1 aromatic heterocycles. The van der Waals surface area contributed by atoms with E-state index < -0.39 is 0 Å². The summed E-state index contributed by atoms with van der Waals surface area (Å²) in [6.45, 7) is 3.65. The van der Waals surface area contributed by atoms with Gasteiger partial charge in [-0.25, -0.2) is 10.5 Å². The smallest absolute Gasteiger partial charge is 0.240 e. The van der Waals surface area contributed by atoms with Crippen molar-refractivity contribution in [2.24, 2.45) is 5.10 Å². The van der Waals surface area contributed by atoms with Crippen molar-refractivity contribution < 1.29 is 5.11 Å². The standard InChI is InChI=1S/C14H14N6OS/c1-2-4-10-5-3-6-11(12(10)21)9-16-18-13-17-14(20-19-13)22-8-7-15/h2-3,5-6,9,21H,1,4,8H2,(H2,17,18,19,20). The molecule has 112 valence electrons. The molecule has 1 heterocycles. The van der Waals surface area contributed by atoms with E-state index in [0.29, 0.717) is 23.1 Å². The number of nitriles is 1. The summed E-state index contributed by atoms with van der Waals surface area (Å²) in [7, 11) is 0. The van der Waals surface area contributed by atoms with Gasteiger partial charge in [0, 0.05) is 5.56 Å². The van der Waals surface area contributed by atoms with E-state index in [0.717, 1.165) is 5.56 Å². The molecule has 0 aliphatic carbocycles. The molecule has 0 radical (unpaired) electrons. The van der Waals surface area contributed by atoms with Crippen molar-refractivity contribution in [2.75, 3.05) is 11.2 Å². The molecule has 0 amide bonds. The summed E-state index contributed by atoms with van der Waals surface area (Å²) in [4.78, 5) is 4.09. The van der Waals surface area contributed by atoms with Crippen LogP contribution in [0, 0.1) is 11.3 Å². The zero-order valence-corrected chi connectivity index (χ0v) is 12.5. The lowest BCUT2D eigenvalue weighted by molar-refractivity contribution is 0.469. The van der Waals surface area contributed by atoms with Gasteiger partial charge in [-0.05, 0) is 18.1 Å². The summed E-state index contributed by atoms with van der Waals surface area (Å²) in [5.74, 6) is 0.819. The molecular weight excluding hydrogens is 300 g/mol. The van der Waals surface area contributed by atoms with Crippen molar-refractivity contribution in [3.63, 3.8) is 0 Å². The summed E-state index contributed by atoms with van der Waals surface area (Å²) >= 11 is 1.23. The summed E-state index contributed by atoms with van der Waals surface area (Å²) in [5.41, 5.74) is 4.06. The van der Waals surface area contributed by atoms with Crippen LogP contribution >= 0.6 is 11.8 Å². The number of benzene rings is 1. The number of aromatic hydroxyl groups is 1. The fourth-order valence-electron chi connectivity index (χ4n) is 1.66. The third-order valence-corrected chi connectivity index (χ3v) is 3.33. The van der Waals surface area contributed by atoms with E-state index in [1.807, 2.05) is 18.2 Å². The van der Waals surface area contributed by atoms with Crippen LogP contribution in [-0.4, -0.2) is 32.3 Å². The molecule has 0 unspecified atom stereocenters. The number of allylic oxidation sites excluding steroid dienone is 1. The van der Waals surface area contributed by atoms with Crippen LogP contribution in [-0.2, 0) is 6.42 Å². The molecule has 0 saturated carbocycles. The Labute approximate surface area is 131 Å². The third kappa shape index (κ3) is 4.10. The fourth-order valence-corrected chi connectivity index (χ4v) is 2.12. The number of H-pyrrole nitrogens is 1. The van der Waals surface area contributed by atoms with Gasteiger partial charge < -0.3 is 5.11 Å². The van der Waals surface area contributed by atoms with Gasteiger partial charge in [0.25, 0.3) is 0 Å². The van der Waals surface area contributed by atoms with E-state index >= 15 is 0 Å². The molecule has 22 heavy (non-hydrogen) atoms. The number of phenols is 1. The lowest BCUT2D eigenvalue weighted by Gasteiger charge is -2.04. The number of aromatic amines is 1. The first-order valence-corrected chi connectivity index (χ1v) is 7.36. The van der Waals surface area contributed by atoms with Crippen LogP contribution in [0.3, 0.4) is 0 Å². The van der Waals surface area contributed by atoms with Crippen molar-refractivity contribution in [1.29, 1.82) is 5.26 Å². The Bertz CT molecular complexity index is 718. The summed E-state index contributed by atoms with van der Waals surface area (Å²) in [5, 5.41) is 29.6. The van der Waals surface area contributed by atoms with Crippen molar-refractivity contribution in [2.45, 2.75) is 11.6 Å². The van der Waals surface area contributed by atoms with Crippen molar-refractivity contribution >= 4 is 23.9 Å². The van der Waals surface area contributed by atoms with Gasteiger partial charge in [-0.1, -0.05) is 30.0 Å². The Balaban J connectivity index is 2.00. The molecule has 0 aliphatic heterocycles. The lowest BCUT2D eigenvalue weighted by Crippen LogP contribution is -1.94. The Morgan fingerprint density at radius 1 is 1.55 bits per heavy atom. The van der Waals surface area contributed by atoms with Gasteiger partial charge in [-0.3, -0.25) is 0 Å². The van der Waals surface area contributed by atoms with E-state index in [4.69, 9.17) is 5.26 Å². The Kier molecular flexibility index (Phi) is 5.57. The zero-order chi connectivity index (χ0) is 15.8. The number of rotatable bonds is 7. The van der Waals surface area contributed by atoms with E-state index in [2.05, 4.69) is 32.3 Å². The lowest BCUT2D eigenvalue weighted by atomic mass is 10.1. The van der Waals surface area contributed by atoms with Crippen LogP contribution in [0.2, 0.25) is 0 Å². The maximum Gasteiger partial charge on any atom is 0.240 e. The Hall–Kier alpha value is -2.79. The van der Waals surface area contributed by atoms with Crippen molar-refractivity contribution in [3.8, 4) is 11.8 Å². The Morgan fingerprint density at radius 3 is 3.18 bits per heavy atom. The first kappa shape index (κ1) is 15.6. The van der Waals surface area contributed by atoms with Gasteiger partial charge in [0.15, 0.2) is 0 Å². The second-order valence-electron chi connectivity index (χ2n) is 4.13. The predicted octanol–water partition coefficient (Wildman–Crippen LogP) is 2.30. The van der Waals surface area contributed by atoms with E-state index in [1.54, 1.807) is 12.1 Å². The molecule has 0 aliphatic rings. The van der Waals surface area contributed by atoms with E-state index in [-0.39, 0.29) is 11.5 Å². The highest BCUT2D eigenvalue weighted by atomic mass is 32.2. The molecule has 2 rings (SSSR count). The molecule has 3 N–H and O–H groups in total. The predicted molar refractivity (Wildman–Crippen MR) is 85.9 cm³/mol. The van der Waals surface area contributed by atoms with Gasteiger partial charge in [-0.15, -0.1) is 11.7 Å². The minimum atomic E-state index is 0.177. The number of aromatic nitrogens is 3.